The molecule has 1 atom stereocenters. The van der Waals surface area contributed by atoms with E-state index in [4.69, 9.17) is 9.15 Å². The van der Waals surface area contributed by atoms with E-state index in [1.54, 1.807) is 29.5 Å². The summed E-state index contributed by atoms with van der Waals surface area (Å²) >= 11 is 0. The van der Waals surface area contributed by atoms with E-state index in [0.29, 0.717) is 24.7 Å². The Morgan fingerprint density at radius 3 is 3.09 bits per heavy atom. The second kappa shape index (κ2) is 6.47. The fourth-order valence-corrected chi connectivity index (χ4v) is 2.36. The van der Waals surface area contributed by atoms with Crippen molar-refractivity contribution in [1.82, 2.24) is 9.88 Å². The quantitative estimate of drug-likeness (QED) is 0.814. The normalized spacial score (nSPS) is 18.0. The maximum Gasteiger partial charge on any atom is 0.246 e. The van der Waals surface area contributed by atoms with E-state index in [0.717, 1.165) is 12.0 Å². The smallest absolute Gasteiger partial charge is 0.246 e. The van der Waals surface area contributed by atoms with Crippen LogP contribution in [-0.4, -0.2) is 35.0 Å². The summed E-state index contributed by atoms with van der Waals surface area (Å²) in [5.74, 6) is 1.25. The molecule has 1 aliphatic rings. The third-order valence-electron chi connectivity index (χ3n) is 3.56. The largest absolute Gasteiger partial charge is 0.472 e. The predicted molar refractivity (Wildman–Crippen MR) is 82.3 cm³/mol. The van der Waals surface area contributed by atoms with Crippen molar-refractivity contribution in [1.29, 1.82) is 0 Å². The molecular formula is C17H18N2O3. The van der Waals surface area contributed by atoms with Gasteiger partial charge in [0, 0.05) is 31.3 Å². The minimum absolute atomic E-state index is 0.00355. The fraction of sp³-hybridized carbons (Fsp3) is 0.294. The van der Waals surface area contributed by atoms with Crippen molar-refractivity contribution in [3.63, 3.8) is 0 Å². The molecule has 1 amide bonds. The van der Waals surface area contributed by atoms with E-state index in [1.807, 2.05) is 25.1 Å². The predicted octanol–water partition coefficient (Wildman–Crippen LogP) is 2.68. The molecule has 2 aromatic heterocycles. The number of furan rings is 1. The number of carbonyl (C=O) groups excluding carboxylic acids is 1. The molecule has 2 aromatic rings. The molecule has 5 nitrogen and oxygen atoms in total. The number of ether oxygens (including phenoxy) is 1. The molecule has 1 saturated heterocycles. The first-order chi connectivity index (χ1) is 10.7. The highest BCUT2D eigenvalue weighted by Gasteiger charge is 2.26. The zero-order chi connectivity index (χ0) is 15.4. The van der Waals surface area contributed by atoms with Crippen LogP contribution in [0, 0.1) is 6.92 Å². The molecule has 0 N–H and O–H groups in total. The third-order valence-corrected chi connectivity index (χ3v) is 3.56. The lowest BCUT2D eigenvalue weighted by Crippen LogP contribution is -2.29. The first kappa shape index (κ1) is 14.4. The van der Waals surface area contributed by atoms with Crippen molar-refractivity contribution >= 4 is 12.0 Å². The Morgan fingerprint density at radius 1 is 1.45 bits per heavy atom. The second-order valence-corrected chi connectivity index (χ2v) is 5.34. The lowest BCUT2D eigenvalue weighted by molar-refractivity contribution is -0.125. The van der Waals surface area contributed by atoms with Gasteiger partial charge in [-0.1, -0.05) is 6.07 Å². The van der Waals surface area contributed by atoms with Crippen molar-refractivity contribution < 1.29 is 13.9 Å². The molecule has 0 aromatic carbocycles. The van der Waals surface area contributed by atoms with Crippen LogP contribution in [0.1, 0.15) is 17.7 Å². The van der Waals surface area contributed by atoms with Crippen molar-refractivity contribution in [3.8, 4) is 5.88 Å². The summed E-state index contributed by atoms with van der Waals surface area (Å²) in [7, 11) is 0. The molecule has 0 saturated carbocycles. The topological polar surface area (TPSA) is 55.6 Å². The van der Waals surface area contributed by atoms with E-state index < -0.39 is 0 Å². The summed E-state index contributed by atoms with van der Waals surface area (Å²) in [6.07, 6.45) is 7.38. The molecule has 0 aliphatic carbocycles. The molecule has 0 bridgehead atoms. The van der Waals surface area contributed by atoms with Gasteiger partial charge in [-0.3, -0.25) is 4.79 Å². The van der Waals surface area contributed by atoms with Gasteiger partial charge >= 0.3 is 0 Å². The lowest BCUT2D eigenvalue weighted by Gasteiger charge is -2.15. The number of aryl methyl sites for hydroxylation is 1. The van der Waals surface area contributed by atoms with Crippen LogP contribution >= 0.6 is 0 Å². The van der Waals surface area contributed by atoms with E-state index in [-0.39, 0.29) is 12.0 Å². The first-order valence-corrected chi connectivity index (χ1v) is 7.30. The number of pyridine rings is 1. The van der Waals surface area contributed by atoms with Crippen LogP contribution in [-0.2, 0) is 4.79 Å². The zero-order valence-corrected chi connectivity index (χ0v) is 12.4. The number of carbonyl (C=O) groups is 1. The molecule has 22 heavy (non-hydrogen) atoms. The monoisotopic (exact) mass is 298 g/mol. The van der Waals surface area contributed by atoms with Crippen molar-refractivity contribution in [2.24, 2.45) is 0 Å². The fourth-order valence-electron chi connectivity index (χ4n) is 2.36. The van der Waals surface area contributed by atoms with E-state index in [9.17, 15) is 4.79 Å². The van der Waals surface area contributed by atoms with Gasteiger partial charge in [-0.05, 0) is 30.7 Å². The van der Waals surface area contributed by atoms with Crippen LogP contribution in [0.5, 0.6) is 5.88 Å². The number of aromatic nitrogens is 1. The van der Waals surface area contributed by atoms with Gasteiger partial charge in [0.15, 0.2) is 0 Å². The highest BCUT2D eigenvalue weighted by atomic mass is 16.5. The van der Waals surface area contributed by atoms with Gasteiger partial charge in [0.2, 0.25) is 11.8 Å². The molecule has 114 valence electrons. The number of rotatable bonds is 4. The highest BCUT2D eigenvalue weighted by molar-refractivity contribution is 5.91. The lowest BCUT2D eigenvalue weighted by atomic mass is 10.3. The minimum atomic E-state index is -0.0284. The van der Waals surface area contributed by atoms with Gasteiger partial charge in [-0.25, -0.2) is 4.98 Å². The number of amides is 1. The first-order valence-electron chi connectivity index (χ1n) is 7.30. The summed E-state index contributed by atoms with van der Waals surface area (Å²) in [5.41, 5.74) is 1.10. The summed E-state index contributed by atoms with van der Waals surface area (Å²) < 4.78 is 11.0. The number of likely N-dealkylation sites (tertiary alicyclic amines) is 1. The summed E-state index contributed by atoms with van der Waals surface area (Å²) in [6.45, 7) is 3.26. The Hall–Kier alpha value is -2.56. The van der Waals surface area contributed by atoms with Crippen LogP contribution in [0.4, 0.5) is 0 Å². The van der Waals surface area contributed by atoms with Gasteiger partial charge in [0.05, 0.1) is 12.8 Å². The zero-order valence-electron chi connectivity index (χ0n) is 12.4. The number of hydrogen-bond donors (Lipinski definition) is 0. The van der Waals surface area contributed by atoms with E-state index >= 15 is 0 Å². The van der Waals surface area contributed by atoms with Gasteiger partial charge in [-0.2, -0.15) is 0 Å². The number of nitrogens with zero attached hydrogens (tertiary/aromatic N) is 2. The van der Waals surface area contributed by atoms with Crippen molar-refractivity contribution in [2.75, 3.05) is 13.1 Å². The standard InChI is InChI=1S/C17H18N2O3/c1-13-4-6-16(18-11-13)22-15-8-9-19(12-15)17(20)7-5-14-3-2-10-21-14/h2-7,10-11,15H,8-9,12H2,1H3/b7-5+. The van der Waals surface area contributed by atoms with Crippen molar-refractivity contribution in [3.05, 3.63) is 54.1 Å². The average Bonchev–Trinajstić information content (AvgIpc) is 3.19. The SMILES string of the molecule is Cc1ccc(OC2CCN(C(=O)/C=C/c3ccco3)C2)nc1. The molecule has 1 unspecified atom stereocenters. The van der Waals surface area contributed by atoms with Gasteiger partial charge in [-0.15, -0.1) is 0 Å². The third kappa shape index (κ3) is 3.55. The molecule has 3 rings (SSSR count). The van der Waals surface area contributed by atoms with Gasteiger partial charge in [0.25, 0.3) is 0 Å². The summed E-state index contributed by atoms with van der Waals surface area (Å²) in [5, 5.41) is 0. The molecule has 0 spiro atoms. The molecule has 5 heteroatoms. The Kier molecular flexibility index (Phi) is 4.23. The maximum absolute atomic E-state index is 12.1. The Bertz CT molecular complexity index is 647. The molecule has 1 fully saturated rings. The Balaban J connectivity index is 1.53. The van der Waals surface area contributed by atoms with Gasteiger partial charge < -0.3 is 14.1 Å². The number of hydrogen-bond acceptors (Lipinski definition) is 4. The molecule has 3 heterocycles. The molecule has 1 aliphatic heterocycles. The van der Waals surface area contributed by atoms with E-state index in [2.05, 4.69) is 4.98 Å². The molecular weight excluding hydrogens is 280 g/mol. The van der Waals surface area contributed by atoms with Crippen LogP contribution in [0.2, 0.25) is 0 Å². The molecule has 0 radical (unpaired) electrons. The highest BCUT2D eigenvalue weighted by Crippen LogP contribution is 2.17. The van der Waals surface area contributed by atoms with Gasteiger partial charge in [0.1, 0.15) is 11.9 Å². The Morgan fingerprint density at radius 2 is 2.36 bits per heavy atom. The Labute approximate surface area is 129 Å². The maximum atomic E-state index is 12.1. The minimum Gasteiger partial charge on any atom is -0.472 e. The van der Waals surface area contributed by atoms with Crippen LogP contribution in [0.3, 0.4) is 0 Å². The van der Waals surface area contributed by atoms with Crippen LogP contribution < -0.4 is 4.74 Å². The van der Waals surface area contributed by atoms with Crippen LogP contribution in [0.25, 0.3) is 6.08 Å². The van der Waals surface area contributed by atoms with Crippen molar-refractivity contribution in [2.45, 2.75) is 19.4 Å². The van der Waals surface area contributed by atoms with Crippen LogP contribution in [0.15, 0.2) is 47.2 Å². The summed E-state index contributed by atoms with van der Waals surface area (Å²) in [4.78, 5) is 18.1. The van der Waals surface area contributed by atoms with E-state index in [1.165, 1.54) is 6.08 Å². The second-order valence-electron chi connectivity index (χ2n) is 5.34. The average molecular weight is 298 g/mol. The summed E-state index contributed by atoms with van der Waals surface area (Å²) in [6, 6.07) is 7.42.